The van der Waals surface area contributed by atoms with E-state index in [9.17, 15) is 4.79 Å². The van der Waals surface area contributed by atoms with E-state index < -0.39 is 0 Å². The van der Waals surface area contributed by atoms with E-state index in [1.54, 1.807) is 10.5 Å². The van der Waals surface area contributed by atoms with Gasteiger partial charge >= 0.3 is 0 Å². The molecule has 5 heterocycles. The number of hydrogen-bond donors (Lipinski definition) is 0. The monoisotopic (exact) mass is 402 g/mol. The summed E-state index contributed by atoms with van der Waals surface area (Å²) in [5.74, 6) is 0. The fourth-order valence-corrected chi connectivity index (χ4v) is 4.24. The normalized spacial score (nSPS) is 15.3. The van der Waals surface area contributed by atoms with E-state index in [4.69, 9.17) is 4.98 Å². The molecule has 4 aromatic heterocycles. The van der Waals surface area contributed by atoms with Crippen LogP contribution in [-0.2, 0) is 0 Å². The second-order valence-corrected chi connectivity index (χ2v) is 7.99. The fraction of sp³-hybridized carbons (Fsp3) is 0.348. The van der Waals surface area contributed by atoms with Gasteiger partial charge in [-0.25, -0.2) is 9.97 Å². The Hall–Kier alpha value is -3.19. The molecule has 0 unspecified atom stereocenters. The molecule has 1 aliphatic rings. The molecule has 154 valence electrons. The molecule has 7 heteroatoms. The zero-order valence-electron chi connectivity index (χ0n) is 17.5. The molecule has 30 heavy (non-hydrogen) atoms. The number of hydrogen-bond acceptors (Lipinski definition) is 5. The van der Waals surface area contributed by atoms with Crippen LogP contribution >= 0.6 is 0 Å². The van der Waals surface area contributed by atoms with Crippen LogP contribution in [0.4, 0.5) is 5.69 Å². The Morgan fingerprint density at radius 2 is 1.73 bits per heavy atom. The zero-order chi connectivity index (χ0) is 20.7. The molecule has 0 N–H and O–H groups in total. The Morgan fingerprint density at radius 1 is 0.933 bits per heavy atom. The SMILES string of the molecule is CCCN1CCN(c2ccc3nc(-c4ccc5nc(C)cn5c4)cc(=O)n3c2)CC1. The number of aromatic nitrogens is 4. The third-order valence-electron chi connectivity index (χ3n) is 5.79. The van der Waals surface area contributed by atoms with E-state index in [0.29, 0.717) is 11.3 Å². The van der Waals surface area contributed by atoms with Crippen molar-refractivity contribution in [3.8, 4) is 11.3 Å². The summed E-state index contributed by atoms with van der Waals surface area (Å²) in [5.41, 5.74) is 5.09. The molecule has 0 aromatic carbocycles. The quantitative estimate of drug-likeness (QED) is 0.525. The molecule has 0 atom stereocenters. The molecule has 1 fully saturated rings. The number of pyridine rings is 2. The Bertz CT molecular complexity index is 1270. The Labute approximate surface area is 175 Å². The highest BCUT2D eigenvalue weighted by Gasteiger charge is 2.17. The van der Waals surface area contributed by atoms with Crippen molar-refractivity contribution in [2.45, 2.75) is 20.3 Å². The average Bonchev–Trinajstić information content (AvgIpc) is 3.13. The predicted molar refractivity (Wildman–Crippen MR) is 119 cm³/mol. The van der Waals surface area contributed by atoms with Crippen molar-refractivity contribution in [3.05, 3.63) is 65.0 Å². The first-order chi connectivity index (χ1) is 14.6. The van der Waals surface area contributed by atoms with Gasteiger partial charge in [0.25, 0.3) is 5.56 Å². The maximum Gasteiger partial charge on any atom is 0.258 e. The molecular formula is C23H26N6O. The van der Waals surface area contributed by atoms with Gasteiger partial charge in [0.15, 0.2) is 0 Å². The second kappa shape index (κ2) is 7.57. The topological polar surface area (TPSA) is 58.2 Å². The fourth-order valence-electron chi connectivity index (χ4n) is 4.24. The number of rotatable bonds is 4. The first-order valence-corrected chi connectivity index (χ1v) is 10.6. The number of imidazole rings is 1. The van der Waals surface area contributed by atoms with Crippen LogP contribution in [-0.4, -0.2) is 56.4 Å². The van der Waals surface area contributed by atoms with Gasteiger partial charge in [-0.15, -0.1) is 0 Å². The molecule has 0 aliphatic carbocycles. The lowest BCUT2D eigenvalue weighted by Crippen LogP contribution is -2.46. The summed E-state index contributed by atoms with van der Waals surface area (Å²) in [6.45, 7) is 9.43. The van der Waals surface area contributed by atoms with Crippen LogP contribution in [0.1, 0.15) is 19.0 Å². The van der Waals surface area contributed by atoms with Gasteiger partial charge in [0.1, 0.15) is 11.3 Å². The van der Waals surface area contributed by atoms with Gasteiger partial charge in [0.05, 0.1) is 17.1 Å². The molecule has 0 radical (unpaired) electrons. The average molecular weight is 403 g/mol. The van der Waals surface area contributed by atoms with E-state index in [1.165, 1.54) is 6.42 Å². The second-order valence-electron chi connectivity index (χ2n) is 7.99. The lowest BCUT2D eigenvalue weighted by molar-refractivity contribution is 0.258. The molecule has 0 bridgehead atoms. The molecule has 0 spiro atoms. The van der Waals surface area contributed by atoms with Gasteiger partial charge in [-0.05, 0) is 44.2 Å². The van der Waals surface area contributed by atoms with E-state index >= 15 is 0 Å². The van der Waals surface area contributed by atoms with Crippen molar-refractivity contribution in [2.24, 2.45) is 0 Å². The summed E-state index contributed by atoms with van der Waals surface area (Å²) >= 11 is 0. The standard InChI is InChI=1S/C23H26N6O/c1-3-8-26-9-11-27(12-10-26)19-5-7-22-25-20(13-23(30)29(22)16-19)18-4-6-21-24-17(2)14-28(21)15-18/h4-7,13-16H,3,8-12H2,1-2H3. The maximum atomic E-state index is 12.9. The van der Waals surface area contributed by atoms with Crippen molar-refractivity contribution in [1.29, 1.82) is 0 Å². The number of fused-ring (bicyclic) bond motifs is 2. The van der Waals surface area contributed by atoms with Crippen molar-refractivity contribution in [3.63, 3.8) is 0 Å². The molecule has 0 saturated carbocycles. The smallest absolute Gasteiger partial charge is 0.258 e. The highest BCUT2D eigenvalue weighted by molar-refractivity contribution is 5.64. The zero-order valence-corrected chi connectivity index (χ0v) is 17.5. The third-order valence-corrected chi connectivity index (χ3v) is 5.79. The van der Waals surface area contributed by atoms with E-state index in [0.717, 1.165) is 55.3 Å². The predicted octanol–water partition coefficient (Wildman–Crippen LogP) is 2.85. The van der Waals surface area contributed by atoms with Gasteiger partial charge < -0.3 is 9.30 Å². The summed E-state index contributed by atoms with van der Waals surface area (Å²) in [7, 11) is 0. The minimum Gasteiger partial charge on any atom is -0.368 e. The van der Waals surface area contributed by atoms with Crippen LogP contribution in [0, 0.1) is 6.92 Å². The molecule has 0 amide bonds. The summed E-state index contributed by atoms with van der Waals surface area (Å²) in [5, 5.41) is 0. The first-order valence-electron chi connectivity index (χ1n) is 10.6. The van der Waals surface area contributed by atoms with Crippen LogP contribution in [0.15, 0.2) is 53.7 Å². The minimum atomic E-state index is -0.0663. The Kier molecular flexibility index (Phi) is 4.75. The van der Waals surface area contributed by atoms with Crippen LogP contribution in [0.2, 0.25) is 0 Å². The molecule has 1 saturated heterocycles. The number of aryl methyl sites for hydroxylation is 1. The van der Waals surface area contributed by atoms with Gasteiger partial charge in [-0.1, -0.05) is 6.92 Å². The van der Waals surface area contributed by atoms with E-state index in [2.05, 4.69) is 27.8 Å². The van der Waals surface area contributed by atoms with Crippen molar-refractivity contribution < 1.29 is 0 Å². The maximum absolute atomic E-state index is 12.9. The lowest BCUT2D eigenvalue weighted by atomic mass is 10.2. The van der Waals surface area contributed by atoms with Crippen LogP contribution in [0.25, 0.3) is 22.6 Å². The van der Waals surface area contributed by atoms with Gasteiger partial charge in [0, 0.05) is 56.4 Å². The Balaban J connectivity index is 1.46. The summed E-state index contributed by atoms with van der Waals surface area (Å²) in [6, 6.07) is 9.54. The summed E-state index contributed by atoms with van der Waals surface area (Å²) in [6.07, 6.45) is 7.05. The summed E-state index contributed by atoms with van der Waals surface area (Å²) in [4.78, 5) is 26.9. The molecule has 1 aliphatic heterocycles. The molecule has 5 rings (SSSR count). The van der Waals surface area contributed by atoms with Crippen LogP contribution in [0.5, 0.6) is 0 Å². The van der Waals surface area contributed by atoms with Crippen molar-refractivity contribution in [1.82, 2.24) is 23.7 Å². The van der Waals surface area contributed by atoms with Crippen molar-refractivity contribution >= 4 is 17.0 Å². The minimum absolute atomic E-state index is 0.0663. The Morgan fingerprint density at radius 3 is 2.53 bits per heavy atom. The highest BCUT2D eigenvalue weighted by atomic mass is 16.1. The van der Waals surface area contributed by atoms with Gasteiger partial charge in [-0.3, -0.25) is 14.1 Å². The van der Waals surface area contributed by atoms with E-state index in [1.807, 2.05) is 48.1 Å². The molecule has 7 nitrogen and oxygen atoms in total. The summed E-state index contributed by atoms with van der Waals surface area (Å²) < 4.78 is 3.62. The third kappa shape index (κ3) is 3.45. The largest absolute Gasteiger partial charge is 0.368 e. The molecular weight excluding hydrogens is 376 g/mol. The van der Waals surface area contributed by atoms with E-state index in [-0.39, 0.29) is 5.56 Å². The number of piperazine rings is 1. The van der Waals surface area contributed by atoms with Gasteiger partial charge in [0.2, 0.25) is 0 Å². The number of anilines is 1. The number of nitrogens with zero attached hydrogens (tertiary/aromatic N) is 6. The van der Waals surface area contributed by atoms with Gasteiger partial charge in [-0.2, -0.15) is 0 Å². The molecule has 4 aromatic rings. The highest BCUT2D eigenvalue weighted by Crippen LogP contribution is 2.20. The lowest BCUT2D eigenvalue weighted by Gasteiger charge is -2.35. The first kappa shape index (κ1) is 18.8. The van der Waals surface area contributed by atoms with Crippen molar-refractivity contribution in [2.75, 3.05) is 37.6 Å². The van der Waals surface area contributed by atoms with Crippen LogP contribution in [0.3, 0.4) is 0 Å². The van der Waals surface area contributed by atoms with Crippen LogP contribution < -0.4 is 10.5 Å².